The second-order valence-electron chi connectivity index (χ2n) is 12.2. The molecule has 2 heterocycles. The van der Waals surface area contributed by atoms with Crippen molar-refractivity contribution >= 4 is 21.9 Å². The Bertz CT molecular complexity index is 2320. The maximum Gasteiger partial charge on any atom is 0.164 e. The lowest BCUT2D eigenvalue weighted by atomic mass is 9.67. The van der Waals surface area contributed by atoms with Crippen molar-refractivity contribution in [3.05, 3.63) is 126 Å². The smallest absolute Gasteiger partial charge is 0.164 e. The van der Waals surface area contributed by atoms with Gasteiger partial charge in [0, 0.05) is 32.9 Å². The zero-order valence-electron chi connectivity index (χ0n) is 24.6. The van der Waals surface area contributed by atoms with Gasteiger partial charge in [0.1, 0.15) is 11.2 Å². The van der Waals surface area contributed by atoms with E-state index in [-0.39, 0.29) is 5.41 Å². The Morgan fingerprint density at radius 3 is 2.16 bits per heavy atom. The summed E-state index contributed by atoms with van der Waals surface area (Å²) in [6.45, 7) is 0. The lowest BCUT2D eigenvalue weighted by molar-refractivity contribution is 0.352. The number of aromatic nitrogens is 3. The zero-order valence-corrected chi connectivity index (χ0v) is 24.6. The average molecular weight is 581 g/mol. The van der Waals surface area contributed by atoms with Crippen molar-refractivity contribution in [3.63, 3.8) is 0 Å². The summed E-state index contributed by atoms with van der Waals surface area (Å²) in [7, 11) is 0. The van der Waals surface area contributed by atoms with Crippen LogP contribution in [0, 0.1) is 11.3 Å². The molecule has 0 aliphatic heterocycles. The summed E-state index contributed by atoms with van der Waals surface area (Å²) < 4.78 is 6.23. The van der Waals surface area contributed by atoms with Crippen molar-refractivity contribution in [1.29, 1.82) is 5.26 Å². The quantitative estimate of drug-likeness (QED) is 0.208. The Morgan fingerprint density at radius 2 is 1.31 bits per heavy atom. The fraction of sp³-hybridized carbons (Fsp3) is 0.150. The summed E-state index contributed by atoms with van der Waals surface area (Å²) >= 11 is 0. The number of rotatable bonds is 3. The molecule has 0 radical (unpaired) electrons. The molecule has 1 spiro atoms. The van der Waals surface area contributed by atoms with Crippen LogP contribution < -0.4 is 0 Å². The molecule has 2 aliphatic carbocycles. The van der Waals surface area contributed by atoms with Crippen molar-refractivity contribution in [2.24, 2.45) is 0 Å². The molecule has 1 saturated carbocycles. The molecule has 214 valence electrons. The molecular formula is C40H28N4O. The number of fused-ring (bicyclic) bond motifs is 8. The number of furan rings is 1. The van der Waals surface area contributed by atoms with Gasteiger partial charge >= 0.3 is 0 Å². The van der Waals surface area contributed by atoms with Gasteiger partial charge in [0.25, 0.3) is 0 Å². The second-order valence-corrected chi connectivity index (χ2v) is 12.2. The van der Waals surface area contributed by atoms with Gasteiger partial charge < -0.3 is 4.42 Å². The van der Waals surface area contributed by atoms with Crippen LogP contribution >= 0.6 is 0 Å². The molecule has 0 unspecified atom stereocenters. The Labute approximate surface area is 260 Å². The number of nitrogens with zero attached hydrogens (tertiary/aromatic N) is 4. The summed E-state index contributed by atoms with van der Waals surface area (Å²) in [6, 6.07) is 39.6. The van der Waals surface area contributed by atoms with E-state index in [0.29, 0.717) is 17.5 Å². The van der Waals surface area contributed by atoms with Gasteiger partial charge in [-0.1, -0.05) is 104 Å². The van der Waals surface area contributed by atoms with E-state index in [2.05, 4.69) is 48.5 Å². The third-order valence-corrected chi connectivity index (χ3v) is 9.77. The highest BCUT2D eigenvalue weighted by Gasteiger charge is 2.46. The fourth-order valence-corrected chi connectivity index (χ4v) is 7.81. The van der Waals surface area contributed by atoms with Gasteiger partial charge in [0.15, 0.2) is 17.5 Å². The fourth-order valence-electron chi connectivity index (χ4n) is 7.81. The van der Waals surface area contributed by atoms with E-state index in [4.69, 9.17) is 19.4 Å². The lowest BCUT2D eigenvalue weighted by Gasteiger charge is -2.36. The largest absolute Gasteiger partial charge is 0.456 e. The molecule has 5 nitrogen and oxygen atoms in total. The first kappa shape index (κ1) is 25.9. The van der Waals surface area contributed by atoms with Gasteiger partial charge in [-0.3, -0.25) is 0 Å². The topological polar surface area (TPSA) is 75.6 Å². The van der Waals surface area contributed by atoms with Gasteiger partial charge in [-0.2, -0.15) is 5.26 Å². The molecule has 0 saturated heterocycles. The van der Waals surface area contributed by atoms with E-state index in [0.717, 1.165) is 81.0 Å². The van der Waals surface area contributed by atoms with Crippen LogP contribution in [0.4, 0.5) is 0 Å². The van der Waals surface area contributed by atoms with Crippen molar-refractivity contribution in [2.45, 2.75) is 37.5 Å². The van der Waals surface area contributed by atoms with Crippen LogP contribution in [0.25, 0.3) is 67.2 Å². The standard InChI is InChI=1S/C40H28N4O/c41-24-27-13-9-15-30-35-31(16-10-17-32(35)40(36(27)30)21-7-2-8-22-40)39-43-37(25-11-3-1-4-12-25)42-38(44-39)26-19-20-29-28-14-5-6-18-33(28)45-34(29)23-26/h1,3-6,9-20,23H,2,7-8,21-22H2. The molecule has 1 fully saturated rings. The SMILES string of the molecule is N#Cc1cccc2c1C1(CCCCC1)c1cccc(-c3nc(-c4ccccc4)nc(-c4ccc5c(c4)oc4ccccc45)n3)c1-2. The molecule has 45 heavy (non-hydrogen) atoms. The van der Waals surface area contributed by atoms with Gasteiger partial charge in [-0.05, 0) is 59.4 Å². The highest BCUT2D eigenvalue weighted by molar-refractivity contribution is 6.05. The van der Waals surface area contributed by atoms with E-state index in [1.807, 2.05) is 66.7 Å². The van der Waals surface area contributed by atoms with E-state index in [9.17, 15) is 5.26 Å². The van der Waals surface area contributed by atoms with E-state index >= 15 is 0 Å². The van der Waals surface area contributed by atoms with E-state index in [1.54, 1.807) is 0 Å². The summed E-state index contributed by atoms with van der Waals surface area (Å²) in [5.74, 6) is 1.84. The third kappa shape index (κ3) is 3.89. The van der Waals surface area contributed by atoms with E-state index in [1.165, 1.54) is 17.5 Å². The molecule has 5 aromatic carbocycles. The van der Waals surface area contributed by atoms with E-state index < -0.39 is 0 Å². The van der Waals surface area contributed by atoms with Gasteiger partial charge in [-0.25, -0.2) is 15.0 Å². The molecular weight excluding hydrogens is 552 g/mol. The van der Waals surface area contributed by atoms with Crippen LogP contribution in [0.3, 0.4) is 0 Å². The monoisotopic (exact) mass is 580 g/mol. The van der Waals surface area contributed by atoms with Crippen molar-refractivity contribution in [2.75, 3.05) is 0 Å². The number of hydrogen-bond acceptors (Lipinski definition) is 5. The average Bonchev–Trinajstić information content (AvgIpc) is 3.62. The van der Waals surface area contributed by atoms with Crippen molar-refractivity contribution in [1.82, 2.24) is 15.0 Å². The highest BCUT2D eigenvalue weighted by Crippen LogP contribution is 2.58. The van der Waals surface area contributed by atoms with Crippen LogP contribution in [0.15, 0.2) is 114 Å². The number of para-hydroxylation sites is 1. The molecule has 0 N–H and O–H groups in total. The highest BCUT2D eigenvalue weighted by atomic mass is 16.3. The first-order valence-corrected chi connectivity index (χ1v) is 15.6. The Hall–Kier alpha value is -5.60. The van der Waals surface area contributed by atoms with Crippen molar-refractivity contribution < 1.29 is 4.42 Å². The van der Waals surface area contributed by atoms with Crippen LogP contribution in [-0.4, -0.2) is 15.0 Å². The van der Waals surface area contributed by atoms with Crippen LogP contribution in [0.1, 0.15) is 48.8 Å². The molecule has 0 bridgehead atoms. The minimum atomic E-state index is -0.157. The molecule has 5 heteroatoms. The normalized spacial score (nSPS) is 14.8. The Balaban J connectivity index is 1.29. The molecule has 0 amide bonds. The molecule has 7 aromatic rings. The summed E-state index contributed by atoms with van der Waals surface area (Å²) in [5, 5.41) is 12.4. The van der Waals surface area contributed by atoms with Crippen LogP contribution in [0.2, 0.25) is 0 Å². The van der Waals surface area contributed by atoms with Crippen molar-refractivity contribution in [3.8, 4) is 51.4 Å². The summed E-state index contributed by atoms with van der Waals surface area (Å²) in [5.41, 5.74) is 9.80. The first-order chi connectivity index (χ1) is 22.2. The predicted octanol–water partition coefficient (Wildman–Crippen LogP) is 9.87. The number of hydrogen-bond donors (Lipinski definition) is 0. The second kappa shape index (κ2) is 9.97. The number of benzene rings is 5. The van der Waals surface area contributed by atoms with Crippen LogP contribution in [0.5, 0.6) is 0 Å². The molecule has 0 atom stereocenters. The Morgan fingerprint density at radius 1 is 0.600 bits per heavy atom. The maximum absolute atomic E-state index is 10.2. The molecule has 2 aromatic heterocycles. The van der Waals surface area contributed by atoms with Gasteiger partial charge in [0.05, 0.1) is 11.6 Å². The maximum atomic E-state index is 10.2. The number of nitriles is 1. The summed E-state index contributed by atoms with van der Waals surface area (Å²) in [4.78, 5) is 15.3. The minimum Gasteiger partial charge on any atom is -0.456 e. The van der Waals surface area contributed by atoms with Gasteiger partial charge in [-0.15, -0.1) is 0 Å². The minimum absolute atomic E-state index is 0.157. The summed E-state index contributed by atoms with van der Waals surface area (Å²) in [6.07, 6.45) is 5.63. The first-order valence-electron chi connectivity index (χ1n) is 15.6. The van der Waals surface area contributed by atoms with Crippen LogP contribution in [-0.2, 0) is 5.41 Å². The molecule has 9 rings (SSSR count). The predicted molar refractivity (Wildman–Crippen MR) is 177 cm³/mol. The Kier molecular flexibility index (Phi) is 5.73. The third-order valence-electron chi connectivity index (χ3n) is 9.77. The molecule has 2 aliphatic rings. The zero-order chi connectivity index (χ0) is 30.0. The lowest BCUT2D eigenvalue weighted by Crippen LogP contribution is -2.29. The van der Waals surface area contributed by atoms with Gasteiger partial charge in [0.2, 0.25) is 0 Å².